The van der Waals surface area contributed by atoms with Gasteiger partial charge < -0.3 is 29.7 Å². The third-order valence-electron chi connectivity index (χ3n) is 8.52. The van der Waals surface area contributed by atoms with Crippen LogP contribution in [-0.2, 0) is 9.53 Å². The molecule has 220 valence electrons. The zero-order chi connectivity index (χ0) is 28.3. The number of hydrogen-bond acceptors (Lipinski definition) is 7. The van der Waals surface area contributed by atoms with Gasteiger partial charge in [0.2, 0.25) is 5.91 Å². The monoisotopic (exact) mass is 617 g/mol. The molecule has 3 fully saturated rings. The summed E-state index contributed by atoms with van der Waals surface area (Å²) < 4.78 is 13.5. The number of carbonyl (C=O) groups is 1. The van der Waals surface area contributed by atoms with Crippen molar-refractivity contribution in [3.63, 3.8) is 0 Å². The lowest BCUT2D eigenvalue weighted by Gasteiger charge is -2.30. The second-order valence-electron chi connectivity index (χ2n) is 11.4. The minimum Gasteiger partial charge on any atom is -0.489 e. The summed E-state index contributed by atoms with van der Waals surface area (Å²) in [6.07, 6.45) is 3.90. The van der Waals surface area contributed by atoms with Crippen molar-refractivity contribution in [3.05, 3.63) is 57.4 Å². The van der Waals surface area contributed by atoms with Crippen LogP contribution in [0.5, 0.6) is 5.75 Å². The number of anilines is 1. The molecule has 1 amide bonds. The van der Waals surface area contributed by atoms with Crippen LogP contribution in [0.25, 0.3) is 10.1 Å². The van der Waals surface area contributed by atoms with Gasteiger partial charge in [-0.15, -0.1) is 11.3 Å². The first-order valence-electron chi connectivity index (χ1n) is 14.6. The highest BCUT2D eigenvalue weighted by Gasteiger charge is 2.33. The van der Waals surface area contributed by atoms with Gasteiger partial charge in [0.05, 0.1) is 34.5 Å². The van der Waals surface area contributed by atoms with Gasteiger partial charge in [0.15, 0.2) is 0 Å². The van der Waals surface area contributed by atoms with Crippen molar-refractivity contribution >= 4 is 56.2 Å². The SMILES string of the molecule is O=C(N[C@H](CN1CCCC1)[C@H](O)c1ccc(OC2CCOCC2)c(Cl)c1)[C@@H]1CCN(c2ccc3cc(Cl)sc3c2)C1. The van der Waals surface area contributed by atoms with Crippen molar-refractivity contribution in [1.29, 1.82) is 0 Å². The van der Waals surface area contributed by atoms with E-state index in [4.69, 9.17) is 32.7 Å². The molecule has 3 aromatic rings. The number of carbonyl (C=O) groups excluding carboxylic acids is 1. The molecule has 3 saturated heterocycles. The van der Waals surface area contributed by atoms with E-state index in [0.717, 1.165) is 71.8 Å². The Labute approximate surface area is 255 Å². The van der Waals surface area contributed by atoms with Gasteiger partial charge in [0.25, 0.3) is 0 Å². The van der Waals surface area contributed by atoms with E-state index in [1.165, 1.54) is 0 Å². The van der Waals surface area contributed by atoms with Crippen LogP contribution in [0.1, 0.15) is 43.8 Å². The topological polar surface area (TPSA) is 74.3 Å². The van der Waals surface area contributed by atoms with Crippen LogP contribution < -0.4 is 15.0 Å². The fourth-order valence-electron chi connectivity index (χ4n) is 6.16. The highest BCUT2D eigenvalue weighted by molar-refractivity contribution is 7.22. The van der Waals surface area contributed by atoms with Crippen LogP contribution in [0.15, 0.2) is 42.5 Å². The minimum absolute atomic E-state index is 0.0124. The van der Waals surface area contributed by atoms with Crippen LogP contribution in [0, 0.1) is 5.92 Å². The zero-order valence-electron chi connectivity index (χ0n) is 23.1. The number of rotatable bonds is 9. The maximum absolute atomic E-state index is 13.6. The minimum atomic E-state index is -0.891. The summed E-state index contributed by atoms with van der Waals surface area (Å²) in [7, 11) is 0. The molecular weight excluding hydrogens is 581 g/mol. The number of aliphatic hydroxyl groups is 1. The Morgan fingerprint density at radius 2 is 1.88 bits per heavy atom. The summed E-state index contributed by atoms with van der Waals surface area (Å²) in [6, 6.07) is 13.4. The molecule has 3 aliphatic rings. The Morgan fingerprint density at radius 1 is 1.07 bits per heavy atom. The number of likely N-dealkylation sites (tertiary alicyclic amines) is 1. The van der Waals surface area contributed by atoms with E-state index in [-0.39, 0.29) is 17.9 Å². The summed E-state index contributed by atoms with van der Waals surface area (Å²) in [5.41, 5.74) is 1.78. The van der Waals surface area contributed by atoms with Crippen molar-refractivity contribution < 1.29 is 19.4 Å². The number of amides is 1. The molecule has 1 aromatic heterocycles. The second-order valence-corrected chi connectivity index (χ2v) is 13.5. The van der Waals surface area contributed by atoms with Crippen molar-refractivity contribution in [3.8, 4) is 5.75 Å². The number of hydrogen-bond donors (Lipinski definition) is 2. The molecule has 2 aromatic carbocycles. The fraction of sp³-hybridized carbons (Fsp3) is 0.516. The quantitative estimate of drug-likeness (QED) is 0.311. The van der Waals surface area contributed by atoms with Gasteiger partial charge in [-0.05, 0) is 73.6 Å². The molecule has 0 radical (unpaired) electrons. The molecule has 3 atom stereocenters. The molecule has 7 nitrogen and oxygen atoms in total. The number of nitrogens with zero attached hydrogens (tertiary/aromatic N) is 2. The van der Waals surface area contributed by atoms with E-state index in [1.807, 2.05) is 18.2 Å². The first-order chi connectivity index (χ1) is 19.9. The Bertz CT molecular complexity index is 1360. The molecule has 3 aliphatic heterocycles. The van der Waals surface area contributed by atoms with E-state index in [2.05, 4.69) is 33.3 Å². The first-order valence-corrected chi connectivity index (χ1v) is 16.2. The molecule has 0 spiro atoms. The third-order valence-corrected chi connectivity index (χ3v) is 10.0. The van der Waals surface area contributed by atoms with Crippen molar-refractivity contribution in [2.45, 2.75) is 50.4 Å². The first kappa shape index (κ1) is 29.0. The maximum Gasteiger partial charge on any atom is 0.225 e. The lowest BCUT2D eigenvalue weighted by molar-refractivity contribution is -0.126. The highest BCUT2D eigenvalue weighted by Crippen LogP contribution is 2.35. The van der Waals surface area contributed by atoms with E-state index >= 15 is 0 Å². The summed E-state index contributed by atoms with van der Waals surface area (Å²) >= 11 is 14.4. The lowest BCUT2D eigenvalue weighted by atomic mass is 9.99. The molecule has 41 heavy (non-hydrogen) atoms. The standard InChI is InChI=1S/C31H37Cl2N3O4S/c32-25-15-21(4-6-27(25)40-24-8-13-39-14-9-24)30(37)26(19-35-10-1-2-11-35)34-31(38)22-7-12-36(18-22)23-5-3-20-16-29(33)41-28(20)17-23/h3-6,15-17,22,24,26,30,37H,1-2,7-14,18-19H2,(H,34,38)/t22-,26-,30-/m1/s1. The molecular formula is C31H37Cl2N3O4S. The largest absolute Gasteiger partial charge is 0.489 e. The van der Waals surface area contributed by atoms with E-state index in [1.54, 1.807) is 17.4 Å². The molecule has 0 aliphatic carbocycles. The van der Waals surface area contributed by atoms with Crippen molar-refractivity contribution in [1.82, 2.24) is 10.2 Å². The molecule has 0 saturated carbocycles. The van der Waals surface area contributed by atoms with Crippen LogP contribution >= 0.6 is 34.5 Å². The van der Waals surface area contributed by atoms with Gasteiger partial charge in [0.1, 0.15) is 18.0 Å². The Morgan fingerprint density at radius 3 is 2.66 bits per heavy atom. The predicted molar refractivity (Wildman–Crippen MR) is 166 cm³/mol. The van der Waals surface area contributed by atoms with Gasteiger partial charge >= 0.3 is 0 Å². The van der Waals surface area contributed by atoms with E-state index in [9.17, 15) is 9.90 Å². The number of benzene rings is 2. The van der Waals surface area contributed by atoms with Gasteiger partial charge in [-0.2, -0.15) is 0 Å². The third kappa shape index (κ3) is 6.95. The molecule has 6 rings (SSSR count). The van der Waals surface area contributed by atoms with Crippen LogP contribution in [-0.4, -0.2) is 74.0 Å². The van der Waals surface area contributed by atoms with E-state index < -0.39 is 12.1 Å². The lowest BCUT2D eigenvalue weighted by Crippen LogP contribution is -2.48. The second kappa shape index (κ2) is 13.1. The molecule has 0 unspecified atom stereocenters. The number of ether oxygens (including phenoxy) is 2. The summed E-state index contributed by atoms with van der Waals surface area (Å²) in [5, 5.41) is 16.4. The highest BCUT2D eigenvalue weighted by atomic mass is 35.5. The van der Waals surface area contributed by atoms with Gasteiger partial charge in [-0.25, -0.2) is 0 Å². The smallest absolute Gasteiger partial charge is 0.225 e. The van der Waals surface area contributed by atoms with Crippen molar-refractivity contribution in [2.24, 2.45) is 5.92 Å². The fourth-order valence-corrected chi connectivity index (χ4v) is 7.58. The van der Waals surface area contributed by atoms with Crippen LogP contribution in [0.3, 0.4) is 0 Å². The van der Waals surface area contributed by atoms with Gasteiger partial charge in [0, 0.05) is 42.9 Å². The summed E-state index contributed by atoms with van der Waals surface area (Å²) in [6.45, 7) is 5.38. The molecule has 0 bridgehead atoms. The van der Waals surface area contributed by atoms with E-state index in [0.29, 0.717) is 42.6 Å². The number of nitrogens with one attached hydrogen (secondary N) is 1. The maximum atomic E-state index is 13.6. The Hall–Kier alpha value is -2.07. The molecule has 4 heterocycles. The predicted octanol–water partition coefficient (Wildman–Crippen LogP) is 5.91. The van der Waals surface area contributed by atoms with Crippen LogP contribution in [0.2, 0.25) is 9.36 Å². The number of fused-ring (bicyclic) bond motifs is 1. The average molecular weight is 619 g/mol. The van der Waals surface area contributed by atoms with Crippen LogP contribution in [0.4, 0.5) is 5.69 Å². The Kier molecular flexibility index (Phi) is 9.25. The number of aliphatic hydroxyl groups excluding tert-OH is 1. The molecule has 2 N–H and O–H groups in total. The Balaban J connectivity index is 1.12. The van der Waals surface area contributed by atoms with Gasteiger partial charge in [-0.3, -0.25) is 4.79 Å². The number of halogens is 2. The van der Waals surface area contributed by atoms with Crippen molar-refractivity contribution in [2.75, 3.05) is 50.8 Å². The molecule has 10 heteroatoms. The number of thiophene rings is 1. The van der Waals surface area contributed by atoms with Gasteiger partial charge in [-0.1, -0.05) is 35.3 Å². The average Bonchev–Trinajstić information content (AvgIpc) is 3.74. The summed E-state index contributed by atoms with van der Waals surface area (Å²) in [5.74, 6) is 0.454. The normalized spacial score (nSPS) is 21.8. The zero-order valence-corrected chi connectivity index (χ0v) is 25.4. The summed E-state index contributed by atoms with van der Waals surface area (Å²) in [4.78, 5) is 18.1.